The summed E-state index contributed by atoms with van der Waals surface area (Å²) in [7, 11) is 0. The summed E-state index contributed by atoms with van der Waals surface area (Å²) in [6, 6.07) is 4.03. The fourth-order valence-corrected chi connectivity index (χ4v) is 2.41. The highest BCUT2D eigenvalue weighted by atomic mass is 127. The van der Waals surface area contributed by atoms with E-state index in [0.717, 1.165) is 11.1 Å². The molecule has 0 unspecified atom stereocenters. The van der Waals surface area contributed by atoms with Crippen molar-refractivity contribution in [2.75, 3.05) is 0 Å². The third-order valence-corrected chi connectivity index (χ3v) is 3.49. The summed E-state index contributed by atoms with van der Waals surface area (Å²) >= 11 is 6.94. The average Bonchev–Trinajstić information content (AvgIpc) is 2.13. The molecule has 1 aromatic carbocycles. The molecule has 0 aliphatic heterocycles. The highest BCUT2D eigenvalue weighted by molar-refractivity contribution is 14.3. The highest BCUT2D eigenvalue weighted by Gasteiger charge is 2.25. The molecule has 0 saturated heterocycles. The van der Waals surface area contributed by atoms with Crippen LogP contribution in [0.3, 0.4) is 0 Å². The van der Waals surface area contributed by atoms with Crippen LogP contribution in [0.5, 0.6) is 5.75 Å². The van der Waals surface area contributed by atoms with Gasteiger partial charge in [-0.3, -0.25) is 0 Å². The first-order valence-corrected chi connectivity index (χ1v) is 7.93. The van der Waals surface area contributed by atoms with E-state index in [1.807, 2.05) is 39.8 Å². The number of rotatable bonds is 1. The van der Waals surface area contributed by atoms with Crippen molar-refractivity contribution in [3.63, 3.8) is 0 Å². The van der Waals surface area contributed by atoms with E-state index >= 15 is 0 Å². The molecule has 0 atom stereocenters. The minimum atomic E-state index is -0.0753. The van der Waals surface area contributed by atoms with E-state index in [0.29, 0.717) is 5.75 Å². The zero-order valence-electron chi connectivity index (χ0n) is 9.24. The molecule has 0 aliphatic rings. The van der Waals surface area contributed by atoms with Crippen LogP contribution in [0.4, 0.5) is 0 Å². The normalized spacial score (nSPS) is 10.6. The summed E-state index contributed by atoms with van der Waals surface area (Å²) in [6.45, 7) is 7.98. The van der Waals surface area contributed by atoms with Crippen molar-refractivity contribution < 1.29 is 5.11 Å². The Kier molecular flexibility index (Phi) is 7.38. The largest absolute Gasteiger partial charge is 0.507 e. The molecule has 0 fully saturated rings. The van der Waals surface area contributed by atoms with E-state index in [1.54, 1.807) is 0 Å². The van der Waals surface area contributed by atoms with Crippen molar-refractivity contribution in [2.45, 2.75) is 27.1 Å². The van der Waals surface area contributed by atoms with Gasteiger partial charge >= 0.3 is 0 Å². The topological polar surface area (TPSA) is 20.2 Å². The van der Waals surface area contributed by atoms with Gasteiger partial charge in [-0.1, -0.05) is 25.5 Å². The Morgan fingerprint density at radius 2 is 1.53 bits per heavy atom. The summed E-state index contributed by atoms with van der Waals surface area (Å²) in [6.07, 6.45) is 0. The second-order valence-electron chi connectivity index (χ2n) is 2.98. The van der Waals surface area contributed by atoms with E-state index < -0.39 is 0 Å². The minimum Gasteiger partial charge on any atom is -0.507 e. The minimum absolute atomic E-state index is 0.0753. The van der Waals surface area contributed by atoms with Gasteiger partial charge in [0.15, 0.2) is -0.565 Å². The predicted molar refractivity (Wildman–Crippen MR) is 92.7 cm³/mol. The van der Waals surface area contributed by atoms with Gasteiger partial charge in [0.05, 0.1) is 0 Å². The van der Waals surface area contributed by atoms with Gasteiger partial charge < -0.3 is 5.11 Å². The smallest absolute Gasteiger partial charge is 0.152 e. The Balaban J connectivity index is 0.000000921. The zero-order chi connectivity index (χ0) is 12.2. The van der Waals surface area contributed by atoms with E-state index in [4.69, 9.17) is 0 Å². The molecule has 1 N–H and O–H groups in total. The number of alkyl halides is 3. The first-order chi connectivity index (χ1) is 6.82. The van der Waals surface area contributed by atoms with Gasteiger partial charge in [-0.25, -0.2) is 0 Å². The Morgan fingerprint density at radius 1 is 1.07 bits per heavy atom. The SMILES string of the molecule is CC.Cc1cc(C)c(O)c(C(I)(I)I)c1. The van der Waals surface area contributed by atoms with Crippen LogP contribution in [0.2, 0.25) is 0 Å². The predicted octanol–water partition coefficient (Wildman–Crippen LogP) is 5.45. The van der Waals surface area contributed by atoms with Crippen LogP contribution in [-0.4, -0.2) is 5.11 Å². The van der Waals surface area contributed by atoms with Crippen LogP contribution in [0, 0.1) is 13.8 Å². The van der Waals surface area contributed by atoms with Crippen molar-refractivity contribution >= 4 is 67.8 Å². The molecule has 1 aromatic rings. The van der Waals surface area contributed by atoms with Crippen molar-refractivity contribution in [1.29, 1.82) is 0 Å². The maximum absolute atomic E-state index is 9.84. The molecule has 15 heavy (non-hydrogen) atoms. The van der Waals surface area contributed by atoms with Crippen LogP contribution in [0.25, 0.3) is 0 Å². The third-order valence-electron chi connectivity index (χ3n) is 1.75. The molecule has 0 spiro atoms. The van der Waals surface area contributed by atoms with Crippen LogP contribution in [0.15, 0.2) is 12.1 Å². The Morgan fingerprint density at radius 3 is 1.93 bits per heavy atom. The number of halogens is 3. The van der Waals surface area contributed by atoms with E-state index in [-0.39, 0.29) is -0.565 Å². The Bertz CT molecular complexity index is 329. The molecule has 0 heterocycles. The number of hydrogen-bond acceptors (Lipinski definition) is 1. The van der Waals surface area contributed by atoms with Gasteiger partial charge in [0.25, 0.3) is 0 Å². The lowest BCUT2D eigenvalue weighted by atomic mass is 10.1. The standard InChI is InChI=1S/C9H9I3O.C2H6/c1-5-3-6(2)8(13)7(4-5)9(10,11)12;1-2/h3-4,13H,1-2H3;1-2H3. The van der Waals surface area contributed by atoms with Gasteiger partial charge in [0, 0.05) is 5.56 Å². The lowest BCUT2D eigenvalue weighted by Gasteiger charge is -2.16. The molecule has 0 amide bonds. The zero-order valence-corrected chi connectivity index (χ0v) is 15.7. The molecular weight excluding hydrogens is 529 g/mol. The van der Waals surface area contributed by atoms with E-state index in [1.165, 1.54) is 5.56 Å². The molecular formula is C11H15I3O. The molecule has 0 bridgehead atoms. The molecule has 0 radical (unpaired) electrons. The Labute approximate surface area is 133 Å². The Hall–Kier alpha value is 1.21. The van der Waals surface area contributed by atoms with Gasteiger partial charge in [-0.2, -0.15) is 0 Å². The second kappa shape index (κ2) is 6.83. The van der Waals surface area contributed by atoms with Crippen LogP contribution < -0.4 is 0 Å². The van der Waals surface area contributed by atoms with E-state index in [2.05, 4.69) is 67.8 Å². The summed E-state index contributed by atoms with van der Waals surface area (Å²) in [5.74, 6) is 0.420. The van der Waals surface area contributed by atoms with E-state index in [9.17, 15) is 5.11 Å². The number of aromatic hydroxyl groups is 1. The van der Waals surface area contributed by atoms with Crippen LogP contribution in [-0.2, 0) is -0.565 Å². The molecule has 1 nitrogen and oxygen atoms in total. The third kappa shape index (κ3) is 4.93. The summed E-state index contributed by atoms with van der Waals surface area (Å²) in [5.41, 5.74) is 3.14. The summed E-state index contributed by atoms with van der Waals surface area (Å²) in [5, 5.41) is 9.84. The molecule has 0 aromatic heterocycles. The highest BCUT2D eigenvalue weighted by Crippen LogP contribution is 2.50. The number of benzene rings is 1. The molecule has 1 rings (SSSR count). The van der Waals surface area contributed by atoms with Gasteiger partial charge in [-0.15, -0.1) is 0 Å². The molecule has 4 heteroatoms. The number of aryl methyl sites for hydroxylation is 2. The molecule has 86 valence electrons. The first kappa shape index (κ1) is 16.2. The van der Waals surface area contributed by atoms with Crippen LogP contribution in [0.1, 0.15) is 30.5 Å². The second-order valence-corrected chi connectivity index (χ2v) is 14.0. The quantitative estimate of drug-likeness (QED) is 0.369. The lowest BCUT2D eigenvalue weighted by molar-refractivity contribution is 0.466. The first-order valence-electron chi connectivity index (χ1n) is 4.70. The molecule has 0 aliphatic carbocycles. The van der Waals surface area contributed by atoms with Crippen molar-refractivity contribution in [3.05, 3.63) is 28.8 Å². The number of phenols is 1. The summed E-state index contributed by atoms with van der Waals surface area (Å²) in [4.78, 5) is 0. The van der Waals surface area contributed by atoms with Crippen LogP contribution >= 0.6 is 67.8 Å². The molecule has 0 saturated carbocycles. The maximum atomic E-state index is 9.84. The van der Waals surface area contributed by atoms with Crippen molar-refractivity contribution in [2.24, 2.45) is 0 Å². The summed E-state index contributed by atoms with van der Waals surface area (Å²) < 4.78 is -0.0753. The number of hydrogen-bond donors (Lipinski definition) is 1. The van der Waals surface area contributed by atoms with Gasteiger partial charge in [-0.05, 0) is 93.2 Å². The van der Waals surface area contributed by atoms with Gasteiger partial charge in [0.2, 0.25) is 0 Å². The fraction of sp³-hybridized carbons (Fsp3) is 0.455. The van der Waals surface area contributed by atoms with Crippen molar-refractivity contribution in [1.82, 2.24) is 0 Å². The monoisotopic (exact) mass is 544 g/mol. The maximum Gasteiger partial charge on any atom is 0.152 e. The van der Waals surface area contributed by atoms with Crippen molar-refractivity contribution in [3.8, 4) is 5.75 Å². The number of phenolic OH excluding ortho intramolecular Hbond substituents is 1. The lowest BCUT2D eigenvalue weighted by Crippen LogP contribution is -1.99. The average molecular weight is 544 g/mol. The van der Waals surface area contributed by atoms with Gasteiger partial charge in [0.1, 0.15) is 5.75 Å². The fourth-order valence-electron chi connectivity index (χ4n) is 1.18.